The molecule has 1 amide bonds. The molecule has 0 saturated heterocycles. The zero-order valence-electron chi connectivity index (χ0n) is 17.1. The number of amides is 1. The van der Waals surface area contributed by atoms with Crippen LogP contribution >= 0.6 is 0 Å². The van der Waals surface area contributed by atoms with E-state index in [2.05, 4.69) is 5.32 Å². The van der Waals surface area contributed by atoms with Crippen LogP contribution in [0.15, 0.2) is 78.9 Å². The molecule has 0 aliphatic carbocycles. The molecule has 0 aliphatic heterocycles. The molecule has 3 N–H and O–H groups in total. The second kappa shape index (κ2) is 10.8. The van der Waals surface area contributed by atoms with Gasteiger partial charge in [0.25, 0.3) is 5.91 Å². The van der Waals surface area contributed by atoms with Gasteiger partial charge < -0.3 is 10.1 Å². The van der Waals surface area contributed by atoms with Gasteiger partial charge in [-0.3, -0.25) is 10.0 Å². The standard InChI is InChI=1S/C24H23F3N2O3/c25-24(26,27)20-10-12-21(13-11-20)32-22(18-4-2-1-3-5-18)14-15-28-16-17-6-8-19(9-7-17)23(30)29-31/h1-13,22,28,31H,14-16H2,(H,29,30)/t22-/m1/s1. The fourth-order valence-corrected chi connectivity index (χ4v) is 3.15. The highest BCUT2D eigenvalue weighted by Crippen LogP contribution is 2.31. The first-order chi connectivity index (χ1) is 15.4. The van der Waals surface area contributed by atoms with Crippen LogP contribution in [-0.2, 0) is 12.7 Å². The van der Waals surface area contributed by atoms with E-state index in [1.165, 1.54) is 12.1 Å². The predicted octanol–water partition coefficient (Wildman–Crippen LogP) is 5.12. The van der Waals surface area contributed by atoms with E-state index in [1.807, 2.05) is 30.3 Å². The van der Waals surface area contributed by atoms with E-state index in [1.54, 1.807) is 29.7 Å². The summed E-state index contributed by atoms with van der Waals surface area (Å²) in [5.74, 6) is -0.208. The Labute approximate surface area is 183 Å². The Morgan fingerprint density at radius 3 is 2.19 bits per heavy atom. The maximum atomic E-state index is 12.8. The average molecular weight is 444 g/mol. The minimum atomic E-state index is -4.39. The molecule has 0 spiro atoms. The second-order valence-corrected chi connectivity index (χ2v) is 7.14. The summed E-state index contributed by atoms with van der Waals surface area (Å²) < 4.78 is 44.4. The van der Waals surface area contributed by atoms with Gasteiger partial charge in [0.1, 0.15) is 11.9 Å². The Morgan fingerprint density at radius 2 is 1.59 bits per heavy atom. The van der Waals surface area contributed by atoms with Crippen molar-refractivity contribution in [3.8, 4) is 5.75 Å². The minimum Gasteiger partial charge on any atom is -0.486 e. The summed E-state index contributed by atoms with van der Waals surface area (Å²) in [4.78, 5) is 11.4. The van der Waals surface area contributed by atoms with Crippen LogP contribution in [0.25, 0.3) is 0 Å². The lowest BCUT2D eigenvalue weighted by atomic mass is 10.1. The van der Waals surface area contributed by atoms with Gasteiger partial charge in [0.15, 0.2) is 0 Å². The first kappa shape index (κ1) is 23.3. The molecule has 3 aromatic rings. The Bertz CT molecular complexity index is 992. The van der Waals surface area contributed by atoms with Gasteiger partial charge in [-0.2, -0.15) is 13.2 Å². The number of nitrogens with one attached hydrogen (secondary N) is 2. The Balaban J connectivity index is 1.59. The van der Waals surface area contributed by atoms with Crippen molar-refractivity contribution in [2.75, 3.05) is 6.54 Å². The van der Waals surface area contributed by atoms with E-state index in [4.69, 9.17) is 9.94 Å². The van der Waals surface area contributed by atoms with E-state index < -0.39 is 17.6 Å². The van der Waals surface area contributed by atoms with E-state index in [0.717, 1.165) is 23.3 Å². The van der Waals surface area contributed by atoms with Crippen molar-refractivity contribution in [3.63, 3.8) is 0 Å². The Hall–Kier alpha value is -3.36. The first-order valence-corrected chi connectivity index (χ1v) is 10.00. The van der Waals surface area contributed by atoms with Crippen LogP contribution in [0.1, 0.15) is 39.6 Å². The lowest BCUT2D eigenvalue weighted by Gasteiger charge is -2.20. The number of halogens is 3. The van der Waals surface area contributed by atoms with Crippen molar-refractivity contribution in [3.05, 3.63) is 101 Å². The van der Waals surface area contributed by atoms with E-state index in [-0.39, 0.29) is 6.10 Å². The Kier molecular flexibility index (Phi) is 7.86. The van der Waals surface area contributed by atoms with Gasteiger partial charge >= 0.3 is 6.18 Å². The van der Waals surface area contributed by atoms with Crippen molar-refractivity contribution in [1.29, 1.82) is 0 Å². The smallest absolute Gasteiger partial charge is 0.416 e. The zero-order valence-corrected chi connectivity index (χ0v) is 17.1. The highest BCUT2D eigenvalue weighted by molar-refractivity contribution is 5.93. The molecule has 0 bridgehead atoms. The molecule has 3 aromatic carbocycles. The molecule has 5 nitrogen and oxygen atoms in total. The van der Waals surface area contributed by atoms with Crippen LogP contribution in [0.3, 0.4) is 0 Å². The van der Waals surface area contributed by atoms with E-state index in [9.17, 15) is 18.0 Å². The summed E-state index contributed by atoms with van der Waals surface area (Å²) >= 11 is 0. The number of hydroxylamine groups is 1. The molecule has 3 rings (SSSR count). The highest BCUT2D eigenvalue weighted by atomic mass is 19.4. The Morgan fingerprint density at radius 1 is 0.938 bits per heavy atom. The summed E-state index contributed by atoms with van der Waals surface area (Å²) in [6, 6.07) is 21.0. The molecular weight excluding hydrogens is 421 g/mol. The van der Waals surface area contributed by atoms with Gasteiger partial charge in [-0.05, 0) is 54.1 Å². The lowest BCUT2D eigenvalue weighted by Crippen LogP contribution is -2.20. The molecule has 0 aromatic heterocycles. The fourth-order valence-electron chi connectivity index (χ4n) is 3.15. The number of benzene rings is 3. The predicted molar refractivity (Wildman–Crippen MR) is 113 cm³/mol. The fraction of sp³-hybridized carbons (Fsp3) is 0.208. The average Bonchev–Trinajstić information content (AvgIpc) is 2.81. The van der Waals surface area contributed by atoms with E-state index >= 15 is 0 Å². The third kappa shape index (κ3) is 6.57. The quantitative estimate of drug-likeness (QED) is 0.243. The number of alkyl halides is 3. The van der Waals surface area contributed by atoms with Gasteiger partial charge in [-0.25, -0.2) is 5.48 Å². The molecule has 0 heterocycles. The van der Waals surface area contributed by atoms with Crippen molar-refractivity contribution in [2.45, 2.75) is 25.2 Å². The van der Waals surface area contributed by atoms with Gasteiger partial charge in [-0.15, -0.1) is 0 Å². The SMILES string of the molecule is O=C(NO)c1ccc(CNCC[C@@H](Oc2ccc(C(F)(F)F)cc2)c2ccccc2)cc1. The second-order valence-electron chi connectivity index (χ2n) is 7.14. The first-order valence-electron chi connectivity index (χ1n) is 10.00. The topological polar surface area (TPSA) is 70.6 Å². The number of hydrogen-bond donors (Lipinski definition) is 3. The highest BCUT2D eigenvalue weighted by Gasteiger charge is 2.30. The van der Waals surface area contributed by atoms with Gasteiger partial charge in [0.05, 0.1) is 5.56 Å². The minimum absolute atomic E-state index is 0.337. The monoisotopic (exact) mass is 444 g/mol. The van der Waals surface area contributed by atoms with Gasteiger partial charge in [0.2, 0.25) is 0 Å². The van der Waals surface area contributed by atoms with Crippen LogP contribution in [0.4, 0.5) is 13.2 Å². The van der Waals surface area contributed by atoms with Crippen molar-refractivity contribution in [1.82, 2.24) is 10.8 Å². The zero-order chi connectivity index (χ0) is 23.0. The summed E-state index contributed by atoms with van der Waals surface area (Å²) in [6.07, 6.45) is -4.13. The van der Waals surface area contributed by atoms with Crippen LogP contribution in [0.2, 0.25) is 0 Å². The number of hydrogen-bond acceptors (Lipinski definition) is 4. The third-order valence-corrected chi connectivity index (χ3v) is 4.86. The van der Waals surface area contributed by atoms with Gasteiger partial charge in [0, 0.05) is 18.5 Å². The molecule has 0 aliphatic rings. The maximum absolute atomic E-state index is 12.8. The molecule has 0 fully saturated rings. The van der Waals surface area contributed by atoms with Crippen LogP contribution < -0.4 is 15.5 Å². The summed E-state index contributed by atoms with van der Waals surface area (Å²) in [5.41, 5.74) is 3.10. The van der Waals surface area contributed by atoms with Gasteiger partial charge in [-0.1, -0.05) is 42.5 Å². The molecule has 0 radical (unpaired) electrons. The number of rotatable bonds is 9. The number of carbonyl (C=O) groups is 1. The van der Waals surface area contributed by atoms with Crippen LogP contribution in [0, 0.1) is 0 Å². The number of ether oxygens (including phenoxy) is 1. The molecular formula is C24H23F3N2O3. The lowest BCUT2D eigenvalue weighted by molar-refractivity contribution is -0.137. The van der Waals surface area contributed by atoms with Crippen molar-refractivity contribution >= 4 is 5.91 Å². The van der Waals surface area contributed by atoms with Crippen LogP contribution in [0.5, 0.6) is 5.75 Å². The maximum Gasteiger partial charge on any atom is 0.416 e. The third-order valence-electron chi connectivity index (χ3n) is 4.86. The summed E-state index contributed by atoms with van der Waals surface area (Å²) in [5, 5.41) is 12.0. The van der Waals surface area contributed by atoms with Crippen LogP contribution in [-0.4, -0.2) is 17.7 Å². The van der Waals surface area contributed by atoms with Crippen molar-refractivity contribution in [2.24, 2.45) is 0 Å². The molecule has 0 unspecified atom stereocenters. The molecule has 168 valence electrons. The molecule has 8 heteroatoms. The molecule has 32 heavy (non-hydrogen) atoms. The summed E-state index contributed by atoms with van der Waals surface area (Å²) in [6.45, 7) is 1.15. The van der Waals surface area contributed by atoms with E-state index in [0.29, 0.717) is 30.8 Å². The molecule has 0 saturated carbocycles. The summed E-state index contributed by atoms with van der Waals surface area (Å²) in [7, 11) is 0. The largest absolute Gasteiger partial charge is 0.486 e. The molecule has 1 atom stereocenters. The van der Waals surface area contributed by atoms with Crippen molar-refractivity contribution < 1.29 is 27.9 Å². The number of carbonyl (C=O) groups excluding carboxylic acids is 1. The normalized spacial score (nSPS) is 12.2.